The number of nitrogens with one attached hydrogen (secondary N) is 1. The topological polar surface area (TPSA) is 58.4 Å². The van der Waals surface area contributed by atoms with Gasteiger partial charge < -0.3 is 16.0 Å². The first-order chi connectivity index (χ1) is 6.66. The van der Waals surface area contributed by atoms with Gasteiger partial charge in [0.2, 0.25) is 5.91 Å². The molecule has 0 aliphatic carbocycles. The average Bonchev–Trinajstić information content (AvgIpc) is 2.73. The third-order valence-electron chi connectivity index (χ3n) is 2.91. The second kappa shape index (κ2) is 3.82. The summed E-state index contributed by atoms with van der Waals surface area (Å²) in [6.45, 7) is 1.49. The highest BCUT2D eigenvalue weighted by molar-refractivity contribution is 5.82. The molecule has 0 aromatic carbocycles. The van der Waals surface area contributed by atoms with Crippen LogP contribution in [0.4, 0.5) is 4.39 Å². The van der Waals surface area contributed by atoms with Gasteiger partial charge in [0.1, 0.15) is 6.17 Å². The first kappa shape index (κ1) is 9.86. The van der Waals surface area contributed by atoms with Crippen LogP contribution in [0.3, 0.4) is 0 Å². The Labute approximate surface area is 82.6 Å². The van der Waals surface area contributed by atoms with E-state index in [1.807, 2.05) is 0 Å². The lowest BCUT2D eigenvalue weighted by atomic mass is 10.1. The zero-order valence-electron chi connectivity index (χ0n) is 8.08. The molecule has 1 amide bonds. The van der Waals surface area contributed by atoms with E-state index in [0.29, 0.717) is 25.9 Å². The highest BCUT2D eigenvalue weighted by Gasteiger charge is 2.34. The molecule has 0 bridgehead atoms. The van der Waals surface area contributed by atoms with Gasteiger partial charge in [0.25, 0.3) is 0 Å². The Morgan fingerprint density at radius 1 is 1.57 bits per heavy atom. The Kier molecular flexibility index (Phi) is 2.69. The second-order valence-corrected chi connectivity index (χ2v) is 4.13. The van der Waals surface area contributed by atoms with Crippen molar-refractivity contribution in [2.24, 2.45) is 5.73 Å². The van der Waals surface area contributed by atoms with Crippen LogP contribution >= 0.6 is 0 Å². The first-order valence-electron chi connectivity index (χ1n) is 5.08. The number of amides is 1. The van der Waals surface area contributed by atoms with E-state index >= 15 is 0 Å². The van der Waals surface area contributed by atoms with Crippen LogP contribution in [-0.2, 0) is 4.79 Å². The fraction of sp³-hybridized carbons (Fsp3) is 0.889. The van der Waals surface area contributed by atoms with Crippen molar-refractivity contribution in [3.05, 3.63) is 0 Å². The molecule has 2 saturated heterocycles. The summed E-state index contributed by atoms with van der Waals surface area (Å²) in [6, 6.07) is -0.122. The predicted octanol–water partition coefficient (Wildman–Crippen LogP) is -0.754. The van der Waals surface area contributed by atoms with E-state index in [9.17, 15) is 9.18 Å². The molecule has 5 heteroatoms. The summed E-state index contributed by atoms with van der Waals surface area (Å²) < 4.78 is 12.9. The standard InChI is InChI=1S/C9H16FN3O/c10-6-1-2-13(5-6)9(14)8-3-7(11)4-12-8/h6-8,12H,1-5,11H2/t6?,7-,8-/m0/s1. The highest BCUT2D eigenvalue weighted by atomic mass is 19.1. The third kappa shape index (κ3) is 1.88. The Hall–Kier alpha value is -0.680. The minimum atomic E-state index is -0.839. The zero-order chi connectivity index (χ0) is 10.1. The molecular formula is C9H16FN3O. The molecule has 2 aliphatic rings. The molecule has 2 rings (SSSR count). The molecule has 4 nitrogen and oxygen atoms in total. The van der Waals surface area contributed by atoms with Gasteiger partial charge in [-0.05, 0) is 12.8 Å². The van der Waals surface area contributed by atoms with E-state index in [1.54, 1.807) is 4.90 Å². The number of halogens is 1. The number of carbonyl (C=O) groups is 1. The SMILES string of the molecule is N[C@@H]1CN[C@H](C(=O)N2CCC(F)C2)C1. The van der Waals surface area contributed by atoms with Crippen molar-refractivity contribution in [3.8, 4) is 0 Å². The molecule has 14 heavy (non-hydrogen) atoms. The van der Waals surface area contributed by atoms with Crippen molar-refractivity contribution in [1.29, 1.82) is 0 Å². The minimum Gasteiger partial charge on any atom is -0.338 e. The third-order valence-corrected chi connectivity index (χ3v) is 2.91. The fourth-order valence-electron chi connectivity index (χ4n) is 2.09. The number of carbonyl (C=O) groups excluding carboxylic acids is 1. The maximum atomic E-state index is 12.9. The molecule has 0 aromatic rings. The Bertz CT molecular complexity index is 214. The van der Waals surface area contributed by atoms with Crippen molar-refractivity contribution in [2.45, 2.75) is 31.1 Å². The van der Waals surface area contributed by atoms with Crippen LogP contribution in [0, 0.1) is 0 Å². The Morgan fingerprint density at radius 3 is 2.86 bits per heavy atom. The first-order valence-corrected chi connectivity index (χ1v) is 5.08. The monoisotopic (exact) mass is 201 g/mol. The van der Waals surface area contributed by atoms with Crippen LogP contribution < -0.4 is 11.1 Å². The fourth-order valence-corrected chi connectivity index (χ4v) is 2.09. The second-order valence-electron chi connectivity index (χ2n) is 4.13. The molecule has 1 unspecified atom stereocenters. The van der Waals surface area contributed by atoms with Gasteiger partial charge in [-0.25, -0.2) is 4.39 Å². The van der Waals surface area contributed by atoms with E-state index < -0.39 is 6.17 Å². The molecule has 0 aromatic heterocycles. The average molecular weight is 201 g/mol. The lowest BCUT2D eigenvalue weighted by Gasteiger charge is -2.19. The molecule has 2 aliphatic heterocycles. The summed E-state index contributed by atoms with van der Waals surface area (Å²) in [7, 11) is 0. The quantitative estimate of drug-likeness (QED) is 0.586. The van der Waals surface area contributed by atoms with Crippen molar-refractivity contribution in [2.75, 3.05) is 19.6 Å². The van der Waals surface area contributed by atoms with Gasteiger partial charge in [0.15, 0.2) is 0 Å². The van der Waals surface area contributed by atoms with Crippen molar-refractivity contribution in [3.63, 3.8) is 0 Å². The van der Waals surface area contributed by atoms with Crippen LogP contribution in [0.5, 0.6) is 0 Å². The Balaban J connectivity index is 1.89. The van der Waals surface area contributed by atoms with E-state index in [1.165, 1.54) is 0 Å². The van der Waals surface area contributed by atoms with Crippen molar-refractivity contribution in [1.82, 2.24) is 10.2 Å². The predicted molar refractivity (Wildman–Crippen MR) is 50.5 cm³/mol. The van der Waals surface area contributed by atoms with Crippen molar-refractivity contribution < 1.29 is 9.18 Å². The zero-order valence-corrected chi connectivity index (χ0v) is 8.08. The van der Waals surface area contributed by atoms with Crippen LogP contribution in [-0.4, -0.2) is 48.7 Å². The lowest BCUT2D eigenvalue weighted by molar-refractivity contribution is -0.132. The molecule has 0 saturated carbocycles. The van der Waals surface area contributed by atoms with Crippen LogP contribution in [0.25, 0.3) is 0 Å². The summed E-state index contributed by atoms with van der Waals surface area (Å²) in [4.78, 5) is 13.4. The van der Waals surface area contributed by atoms with Gasteiger partial charge in [-0.2, -0.15) is 0 Å². The summed E-state index contributed by atoms with van der Waals surface area (Å²) >= 11 is 0. The molecule has 0 radical (unpaired) electrons. The van der Waals surface area contributed by atoms with Crippen LogP contribution in [0.15, 0.2) is 0 Å². The molecule has 0 spiro atoms. The summed E-state index contributed by atoms with van der Waals surface area (Å²) in [5.74, 6) is 0.0121. The number of nitrogens with zero attached hydrogens (tertiary/aromatic N) is 1. The van der Waals surface area contributed by atoms with Gasteiger partial charge in [-0.1, -0.05) is 0 Å². The largest absolute Gasteiger partial charge is 0.338 e. The van der Waals surface area contributed by atoms with Gasteiger partial charge in [-0.15, -0.1) is 0 Å². The van der Waals surface area contributed by atoms with Gasteiger partial charge in [0.05, 0.1) is 12.6 Å². The number of rotatable bonds is 1. The molecule has 2 heterocycles. The molecular weight excluding hydrogens is 185 g/mol. The summed E-state index contributed by atoms with van der Waals surface area (Å²) in [6.07, 6.45) is 0.311. The number of alkyl halides is 1. The normalized spacial score (nSPS) is 37.9. The molecule has 2 fully saturated rings. The number of hydrogen-bond donors (Lipinski definition) is 2. The Morgan fingerprint density at radius 2 is 2.36 bits per heavy atom. The van der Waals surface area contributed by atoms with Gasteiger partial charge in [-0.3, -0.25) is 4.79 Å². The number of nitrogens with two attached hydrogens (primary N) is 1. The van der Waals surface area contributed by atoms with E-state index in [0.717, 1.165) is 0 Å². The van der Waals surface area contributed by atoms with Crippen molar-refractivity contribution >= 4 is 5.91 Å². The molecule has 80 valence electrons. The summed E-state index contributed by atoms with van der Waals surface area (Å²) in [5.41, 5.74) is 5.68. The van der Waals surface area contributed by atoms with E-state index in [2.05, 4.69) is 5.32 Å². The highest BCUT2D eigenvalue weighted by Crippen LogP contribution is 2.16. The molecule has 3 N–H and O–H groups in total. The van der Waals surface area contributed by atoms with Crippen LogP contribution in [0.1, 0.15) is 12.8 Å². The van der Waals surface area contributed by atoms with E-state index in [-0.39, 0.29) is 24.5 Å². The smallest absolute Gasteiger partial charge is 0.239 e. The van der Waals surface area contributed by atoms with Crippen LogP contribution in [0.2, 0.25) is 0 Å². The minimum absolute atomic E-state index is 0.0121. The number of hydrogen-bond acceptors (Lipinski definition) is 3. The lowest BCUT2D eigenvalue weighted by Crippen LogP contribution is -2.42. The maximum Gasteiger partial charge on any atom is 0.239 e. The van der Waals surface area contributed by atoms with E-state index in [4.69, 9.17) is 5.73 Å². The van der Waals surface area contributed by atoms with Gasteiger partial charge in [0, 0.05) is 19.1 Å². The van der Waals surface area contributed by atoms with Gasteiger partial charge >= 0.3 is 0 Å². The number of likely N-dealkylation sites (tertiary alicyclic amines) is 1. The maximum absolute atomic E-state index is 12.9. The summed E-state index contributed by atoms with van der Waals surface area (Å²) in [5, 5.41) is 3.06. The molecule has 3 atom stereocenters.